The summed E-state index contributed by atoms with van der Waals surface area (Å²) >= 11 is 0. The zero-order chi connectivity index (χ0) is 12.8. The number of anilines is 1. The monoisotopic (exact) mass is 249 g/mol. The third-order valence-electron chi connectivity index (χ3n) is 3.41. The van der Waals surface area contributed by atoms with E-state index in [1.165, 1.54) is 25.8 Å². The zero-order valence-corrected chi connectivity index (χ0v) is 11.1. The summed E-state index contributed by atoms with van der Waals surface area (Å²) in [7, 11) is 0. The first-order valence-electron chi connectivity index (χ1n) is 6.85. The second-order valence-corrected chi connectivity index (χ2v) is 4.88. The summed E-state index contributed by atoms with van der Waals surface area (Å²) in [6, 6.07) is 3.86. The molecule has 0 aromatic carbocycles. The lowest BCUT2D eigenvalue weighted by molar-refractivity contribution is -0.0304. The van der Waals surface area contributed by atoms with Crippen molar-refractivity contribution in [2.45, 2.75) is 32.3 Å². The smallest absolute Gasteiger partial charge is 0.123 e. The number of pyridine rings is 1. The number of aromatic nitrogens is 1. The maximum atomic E-state index is 5.82. The largest absolute Gasteiger partial charge is 0.384 e. The summed E-state index contributed by atoms with van der Waals surface area (Å²) in [5.41, 5.74) is 6.73. The second-order valence-electron chi connectivity index (χ2n) is 4.88. The van der Waals surface area contributed by atoms with E-state index >= 15 is 0 Å². The fourth-order valence-corrected chi connectivity index (χ4v) is 2.30. The van der Waals surface area contributed by atoms with Gasteiger partial charge in [0.1, 0.15) is 5.82 Å². The van der Waals surface area contributed by atoms with Crippen molar-refractivity contribution in [2.24, 2.45) is 0 Å². The molecular weight excluding hydrogens is 226 g/mol. The lowest BCUT2D eigenvalue weighted by Crippen LogP contribution is -2.38. The number of nitrogen functional groups attached to an aromatic ring is 1. The van der Waals surface area contributed by atoms with Crippen LogP contribution in [0.15, 0.2) is 18.3 Å². The molecule has 1 atom stereocenters. The first kappa shape index (κ1) is 13.3. The standard InChI is InChI=1S/C14H23N3O/c1-2-3-4-7-17-8-9-18-13(11-17)12-5-6-14(15)16-10-12/h5-6,10,13H,2-4,7-9,11H2,1H3,(H2,15,16). The molecule has 100 valence electrons. The fraction of sp³-hybridized carbons (Fsp3) is 0.643. The molecule has 4 heteroatoms. The van der Waals surface area contributed by atoms with E-state index < -0.39 is 0 Å². The first-order valence-corrected chi connectivity index (χ1v) is 6.85. The van der Waals surface area contributed by atoms with Gasteiger partial charge in [0.15, 0.2) is 0 Å². The second kappa shape index (κ2) is 6.71. The highest BCUT2D eigenvalue weighted by molar-refractivity contribution is 5.30. The van der Waals surface area contributed by atoms with Crippen LogP contribution in [-0.2, 0) is 4.74 Å². The van der Waals surface area contributed by atoms with E-state index in [-0.39, 0.29) is 6.10 Å². The highest BCUT2D eigenvalue weighted by Gasteiger charge is 2.21. The van der Waals surface area contributed by atoms with Gasteiger partial charge in [0.25, 0.3) is 0 Å². The van der Waals surface area contributed by atoms with Gasteiger partial charge in [-0.1, -0.05) is 25.8 Å². The van der Waals surface area contributed by atoms with E-state index in [2.05, 4.69) is 16.8 Å². The van der Waals surface area contributed by atoms with Gasteiger partial charge in [-0.05, 0) is 19.0 Å². The summed E-state index contributed by atoms with van der Waals surface area (Å²) in [5, 5.41) is 0. The summed E-state index contributed by atoms with van der Waals surface area (Å²) in [4.78, 5) is 6.62. The molecule has 1 aromatic heterocycles. The van der Waals surface area contributed by atoms with Crippen molar-refractivity contribution in [3.8, 4) is 0 Å². The van der Waals surface area contributed by atoms with Crippen LogP contribution in [-0.4, -0.2) is 36.1 Å². The van der Waals surface area contributed by atoms with Crippen molar-refractivity contribution in [1.29, 1.82) is 0 Å². The van der Waals surface area contributed by atoms with E-state index in [0.29, 0.717) is 5.82 Å². The number of nitrogens with zero attached hydrogens (tertiary/aromatic N) is 2. The van der Waals surface area contributed by atoms with Crippen LogP contribution in [0.5, 0.6) is 0 Å². The topological polar surface area (TPSA) is 51.4 Å². The van der Waals surface area contributed by atoms with Crippen LogP contribution >= 0.6 is 0 Å². The molecule has 0 saturated carbocycles. The molecule has 2 rings (SSSR count). The molecule has 1 aliphatic heterocycles. The molecule has 4 nitrogen and oxygen atoms in total. The normalized spacial score (nSPS) is 21.1. The lowest BCUT2D eigenvalue weighted by atomic mass is 10.1. The van der Waals surface area contributed by atoms with Crippen molar-refractivity contribution in [2.75, 3.05) is 32.0 Å². The number of hydrogen-bond donors (Lipinski definition) is 1. The van der Waals surface area contributed by atoms with Gasteiger partial charge in [-0.25, -0.2) is 4.98 Å². The number of unbranched alkanes of at least 4 members (excludes halogenated alkanes) is 2. The SMILES string of the molecule is CCCCCN1CCOC(c2ccc(N)nc2)C1. The molecule has 2 heterocycles. The first-order chi connectivity index (χ1) is 8.79. The van der Waals surface area contributed by atoms with Gasteiger partial charge in [-0.2, -0.15) is 0 Å². The van der Waals surface area contributed by atoms with Crippen LogP contribution in [0.25, 0.3) is 0 Å². The number of rotatable bonds is 5. The Morgan fingerprint density at radius 2 is 2.33 bits per heavy atom. The quantitative estimate of drug-likeness (QED) is 0.813. The summed E-state index contributed by atoms with van der Waals surface area (Å²) in [5.74, 6) is 0.564. The van der Waals surface area contributed by atoms with Crippen LogP contribution in [0.1, 0.15) is 37.9 Å². The average Bonchev–Trinajstić information content (AvgIpc) is 2.40. The van der Waals surface area contributed by atoms with Gasteiger partial charge in [0.2, 0.25) is 0 Å². The maximum absolute atomic E-state index is 5.82. The fourth-order valence-electron chi connectivity index (χ4n) is 2.30. The van der Waals surface area contributed by atoms with Gasteiger partial charge in [-0.15, -0.1) is 0 Å². The van der Waals surface area contributed by atoms with Crippen molar-refractivity contribution < 1.29 is 4.74 Å². The zero-order valence-electron chi connectivity index (χ0n) is 11.1. The molecule has 1 fully saturated rings. The molecular formula is C14H23N3O. The van der Waals surface area contributed by atoms with Crippen LogP contribution < -0.4 is 5.73 Å². The molecule has 1 unspecified atom stereocenters. The van der Waals surface area contributed by atoms with Gasteiger partial charge in [0, 0.05) is 24.8 Å². The number of nitrogens with two attached hydrogens (primary N) is 1. The molecule has 0 spiro atoms. The molecule has 1 aliphatic rings. The molecule has 0 bridgehead atoms. The molecule has 1 aromatic rings. The average molecular weight is 249 g/mol. The van der Waals surface area contributed by atoms with Gasteiger partial charge in [-0.3, -0.25) is 4.90 Å². The molecule has 2 N–H and O–H groups in total. The van der Waals surface area contributed by atoms with E-state index in [9.17, 15) is 0 Å². The van der Waals surface area contributed by atoms with E-state index in [4.69, 9.17) is 10.5 Å². The Kier molecular flexibility index (Phi) is 4.96. The van der Waals surface area contributed by atoms with Crippen LogP contribution in [0.3, 0.4) is 0 Å². The summed E-state index contributed by atoms with van der Waals surface area (Å²) in [6.45, 7) is 6.23. The Hall–Kier alpha value is -1.13. The highest BCUT2D eigenvalue weighted by atomic mass is 16.5. The number of hydrogen-bond acceptors (Lipinski definition) is 4. The number of morpholine rings is 1. The Labute approximate surface area is 109 Å². The predicted molar refractivity (Wildman–Crippen MR) is 73.3 cm³/mol. The summed E-state index contributed by atoms with van der Waals surface area (Å²) in [6.07, 6.45) is 5.84. The Balaban J connectivity index is 1.88. The van der Waals surface area contributed by atoms with Gasteiger partial charge in [0.05, 0.1) is 12.7 Å². The van der Waals surface area contributed by atoms with Crippen LogP contribution in [0, 0.1) is 0 Å². The number of ether oxygens (including phenoxy) is 1. The van der Waals surface area contributed by atoms with E-state index in [1.54, 1.807) is 0 Å². The van der Waals surface area contributed by atoms with Gasteiger partial charge >= 0.3 is 0 Å². The van der Waals surface area contributed by atoms with Crippen molar-refractivity contribution in [3.05, 3.63) is 23.9 Å². The Bertz CT molecular complexity index is 353. The van der Waals surface area contributed by atoms with Crippen LogP contribution in [0.4, 0.5) is 5.82 Å². The van der Waals surface area contributed by atoms with Crippen molar-refractivity contribution in [1.82, 2.24) is 9.88 Å². The van der Waals surface area contributed by atoms with Crippen LogP contribution in [0.2, 0.25) is 0 Å². The third kappa shape index (κ3) is 3.68. The Morgan fingerprint density at radius 1 is 1.44 bits per heavy atom. The third-order valence-corrected chi connectivity index (χ3v) is 3.41. The lowest BCUT2D eigenvalue weighted by Gasteiger charge is -2.33. The molecule has 18 heavy (non-hydrogen) atoms. The minimum Gasteiger partial charge on any atom is -0.384 e. The van der Waals surface area contributed by atoms with E-state index in [0.717, 1.165) is 25.3 Å². The molecule has 0 radical (unpaired) electrons. The predicted octanol–water partition coefficient (Wildman–Crippen LogP) is 2.23. The minimum absolute atomic E-state index is 0.147. The minimum atomic E-state index is 0.147. The van der Waals surface area contributed by atoms with Crippen molar-refractivity contribution >= 4 is 5.82 Å². The Morgan fingerprint density at radius 3 is 3.06 bits per heavy atom. The molecule has 1 saturated heterocycles. The van der Waals surface area contributed by atoms with Gasteiger partial charge < -0.3 is 10.5 Å². The summed E-state index contributed by atoms with van der Waals surface area (Å²) < 4.78 is 5.82. The highest BCUT2D eigenvalue weighted by Crippen LogP contribution is 2.22. The molecule has 0 amide bonds. The molecule has 0 aliphatic carbocycles. The van der Waals surface area contributed by atoms with Crippen molar-refractivity contribution in [3.63, 3.8) is 0 Å². The maximum Gasteiger partial charge on any atom is 0.123 e. The van der Waals surface area contributed by atoms with E-state index in [1.807, 2.05) is 18.3 Å².